The lowest BCUT2D eigenvalue weighted by molar-refractivity contribution is -0.115. The molecule has 138 valence electrons. The predicted octanol–water partition coefficient (Wildman–Crippen LogP) is 4.99. The average Bonchev–Trinajstić information content (AvgIpc) is 3.09. The van der Waals surface area contributed by atoms with Crippen molar-refractivity contribution >= 4 is 40.4 Å². The monoisotopic (exact) mass is 390 g/mol. The molecule has 0 bridgehead atoms. The first-order valence-corrected chi connectivity index (χ1v) is 10.2. The lowest BCUT2D eigenvalue weighted by atomic mass is 9.96. The van der Waals surface area contributed by atoms with Gasteiger partial charge in [-0.05, 0) is 73.7 Å². The zero-order valence-electron chi connectivity index (χ0n) is 15.0. The van der Waals surface area contributed by atoms with Crippen LogP contribution in [-0.2, 0) is 11.2 Å². The first-order valence-electron chi connectivity index (χ1n) is 8.89. The van der Waals surface area contributed by atoms with Crippen LogP contribution in [0.2, 0.25) is 5.02 Å². The van der Waals surface area contributed by atoms with Crippen LogP contribution in [0.25, 0.3) is 0 Å². The van der Waals surface area contributed by atoms with Gasteiger partial charge in [0.1, 0.15) is 0 Å². The third-order valence-corrected chi connectivity index (χ3v) is 5.83. The second-order valence-electron chi connectivity index (χ2n) is 6.89. The number of piperidine rings is 1. The molecular formula is C20H23ClN2O2S. The first kappa shape index (κ1) is 18.9. The van der Waals surface area contributed by atoms with Crippen molar-refractivity contribution in [3.63, 3.8) is 0 Å². The molecule has 0 aliphatic carbocycles. The topological polar surface area (TPSA) is 49.4 Å². The molecule has 2 amide bonds. The van der Waals surface area contributed by atoms with Crippen molar-refractivity contribution in [1.29, 1.82) is 0 Å². The Morgan fingerprint density at radius 2 is 1.96 bits per heavy atom. The number of nitrogens with zero attached hydrogens (tertiary/aromatic N) is 1. The number of hydrogen-bond acceptors (Lipinski definition) is 3. The summed E-state index contributed by atoms with van der Waals surface area (Å²) in [6.07, 6.45) is 3.41. The van der Waals surface area contributed by atoms with Gasteiger partial charge in [0.25, 0.3) is 5.91 Å². The number of benzene rings is 1. The van der Waals surface area contributed by atoms with Gasteiger partial charge >= 0.3 is 0 Å². The highest BCUT2D eigenvalue weighted by Crippen LogP contribution is 2.29. The van der Waals surface area contributed by atoms with Crippen LogP contribution in [0.5, 0.6) is 0 Å². The van der Waals surface area contributed by atoms with Crippen molar-refractivity contribution in [3.05, 3.63) is 51.2 Å². The average molecular weight is 391 g/mol. The summed E-state index contributed by atoms with van der Waals surface area (Å²) in [6, 6.07) is 7.34. The van der Waals surface area contributed by atoms with Crippen LogP contribution in [0.1, 0.15) is 49.0 Å². The summed E-state index contributed by atoms with van der Waals surface area (Å²) in [6.45, 7) is 4.15. The van der Waals surface area contributed by atoms with Gasteiger partial charge in [0, 0.05) is 17.1 Å². The summed E-state index contributed by atoms with van der Waals surface area (Å²) < 4.78 is 0. The molecule has 1 N–H and O–H groups in total. The highest BCUT2D eigenvalue weighted by molar-refractivity contribution is 7.08. The summed E-state index contributed by atoms with van der Waals surface area (Å²) in [4.78, 5) is 27.5. The largest absolute Gasteiger partial charge is 0.333 e. The van der Waals surface area contributed by atoms with E-state index in [2.05, 4.69) is 19.2 Å². The van der Waals surface area contributed by atoms with E-state index in [9.17, 15) is 9.59 Å². The van der Waals surface area contributed by atoms with Gasteiger partial charge < -0.3 is 10.2 Å². The number of halogens is 1. The molecule has 26 heavy (non-hydrogen) atoms. The number of rotatable bonds is 4. The molecule has 3 rings (SSSR count). The van der Waals surface area contributed by atoms with Crippen LogP contribution in [0, 0.1) is 0 Å². The molecule has 6 heteroatoms. The Labute approximate surface area is 163 Å². The van der Waals surface area contributed by atoms with Crippen molar-refractivity contribution in [1.82, 2.24) is 4.90 Å². The lowest BCUT2D eigenvalue weighted by Crippen LogP contribution is -2.47. The van der Waals surface area contributed by atoms with Gasteiger partial charge in [-0.15, -0.1) is 0 Å². The van der Waals surface area contributed by atoms with Crippen molar-refractivity contribution in [2.45, 2.75) is 51.6 Å². The first-order chi connectivity index (χ1) is 12.5. The molecule has 1 aromatic heterocycles. The third kappa shape index (κ3) is 4.27. The fourth-order valence-corrected chi connectivity index (χ4v) is 4.38. The van der Waals surface area contributed by atoms with E-state index >= 15 is 0 Å². The summed E-state index contributed by atoms with van der Waals surface area (Å²) in [5, 5.41) is 7.27. The zero-order valence-corrected chi connectivity index (χ0v) is 16.6. The molecule has 2 heterocycles. The van der Waals surface area contributed by atoms with E-state index in [4.69, 9.17) is 11.6 Å². The molecule has 1 aliphatic rings. The van der Waals surface area contributed by atoms with Crippen molar-refractivity contribution < 1.29 is 9.59 Å². The van der Waals surface area contributed by atoms with Crippen molar-refractivity contribution in [2.75, 3.05) is 5.32 Å². The van der Waals surface area contributed by atoms with E-state index in [1.807, 2.05) is 21.7 Å². The summed E-state index contributed by atoms with van der Waals surface area (Å²) in [7, 11) is 0. The number of carbonyl (C=O) groups excluding carboxylic acids is 2. The maximum absolute atomic E-state index is 13.2. The maximum Gasteiger partial charge on any atom is 0.256 e. The van der Waals surface area contributed by atoms with Gasteiger partial charge in [-0.1, -0.05) is 11.6 Å². The van der Waals surface area contributed by atoms with Gasteiger partial charge in [0.15, 0.2) is 0 Å². The molecule has 2 unspecified atom stereocenters. The van der Waals surface area contributed by atoms with Crippen LogP contribution in [0.4, 0.5) is 5.69 Å². The lowest BCUT2D eigenvalue weighted by Gasteiger charge is -2.39. The fourth-order valence-electron chi connectivity index (χ4n) is 3.54. The van der Waals surface area contributed by atoms with Crippen LogP contribution >= 0.6 is 22.9 Å². The Kier molecular flexibility index (Phi) is 5.99. The maximum atomic E-state index is 13.2. The van der Waals surface area contributed by atoms with Crippen molar-refractivity contribution in [3.8, 4) is 0 Å². The number of likely N-dealkylation sites (tertiary alicyclic amines) is 1. The van der Waals surface area contributed by atoms with Crippen LogP contribution < -0.4 is 5.32 Å². The Bertz CT molecular complexity index is 781. The summed E-state index contributed by atoms with van der Waals surface area (Å²) in [5.41, 5.74) is 1.94. The minimum atomic E-state index is -0.139. The standard InChI is InChI=1S/C20H23ClN2O2S/c1-13-4-3-5-14(2)23(13)20(25)17-11-16(21)6-7-18(17)22-19(24)10-15-8-9-26-12-15/h6-9,11-14H,3-5,10H2,1-2H3,(H,22,24). The van der Waals surface area contributed by atoms with E-state index in [1.165, 1.54) is 0 Å². The van der Waals surface area contributed by atoms with Gasteiger partial charge in [-0.2, -0.15) is 11.3 Å². The number of thiophene rings is 1. The molecule has 2 aromatic rings. The second-order valence-corrected chi connectivity index (χ2v) is 8.10. The molecule has 1 fully saturated rings. The van der Waals surface area contributed by atoms with E-state index in [0.717, 1.165) is 24.8 Å². The number of nitrogens with one attached hydrogen (secondary N) is 1. The molecule has 1 aromatic carbocycles. The molecule has 1 saturated heterocycles. The minimum Gasteiger partial charge on any atom is -0.333 e. The van der Waals surface area contributed by atoms with Gasteiger partial charge in [0.05, 0.1) is 17.7 Å². The van der Waals surface area contributed by atoms with Crippen LogP contribution in [-0.4, -0.2) is 28.8 Å². The predicted molar refractivity (Wildman–Crippen MR) is 107 cm³/mol. The quantitative estimate of drug-likeness (QED) is 0.799. The Morgan fingerprint density at radius 1 is 1.23 bits per heavy atom. The number of carbonyl (C=O) groups is 2. The van der Waals surface area contributed by atoms with E-state index in [1.54, 1.807) is 29.5 Å². The molecule has 0 radical (unpaired) electrons. The fraction of sp³-hybridized carbons (Fsp3) is 0.400. The van der Waals surface area contributed by atoms with Gasteiger partial charge in [-0.3, -0.25) is 9.59 Å². The third-order valence-electron chi connectivity index (χ3n) is 4.86. The number of hydrogen-bond donors (Lipinski definition) is 1. The molecular weight excluding hydrogens is 368 g/mol. The zero-order chi connectivity index (χ0) is 18.7. The van der Waals surface area contributed by atoms with E-state index < -0.39 is 0 Å². The Balaban J connectivity index is 1.83. The molecule has 4 nitrogen and oxygen atoms in total. The number of amides is 2. The van der Waals surface area contributed by atoms with Gasteiger partial charge in [0.2, 0.25) is 5.91 Å². The van der Waals surface area contributed by atoms with E-state index in [-0.39, 0.29) is 30.3 Å². The normalized spacial score (nSPS) is 20.0. The summed E-state index contributed by atoms with van der Waals surface area (Å²) in [5.74, 6) is -0.211. The Morgan fingerprint density at radius 3 is 2.62 bits per heavy atom. The summed E-state index contributed by atoms with van der Waals surface area (Å²) >= 11 is 7.70. The molecule has 0 spiro atoms. The molecule has 1 aliphatic heterocycles. The van der Waals surface area contributed by atoms with Crippen molar-refractivity contribution in [2.24, 2.45) is 0 Å². The minimum absolute atomic E-state index is 0.0713. The van der Waals surface area contributed by atoms with Crippen LogP contribution in [0.15, 0.2) is 35.0 Å². The Hall–Kier alpha value is -1.85. The smallest absolute Gasteiger partial charge is 0.256 e. The second kappa shape index (κ2) is 8.23. The number of anilines is 1. The molecule has 2 atom stereocenters. The van der Waals surface area contributed by atoms with Crippen LogP contribution in [0.3, 0.4) is 0 Å². The van der Waals surface area contributed by atoms with E-state index in [0.29, 0.717) is 16.3 Å². The highest BCUT2D eigenvalue weighted by atomic mass is 35.5. The van der Waals surface area contributed by atoms with Gasteiger partial charge in [-0.25, -0.2) is 0 Å². The SMILES string of the molecule is CC1CCCC(C)N1C(=O)c1cc(Cl)ccc1NC(=O)Cc1ccsc1. The molecule has 0 saturated carbocycles. The highest BCUT2D eigenvalue weighted by Gasteiger charge is 2.31.